The molecule has 0 heterocycles. The molecular weight excluding hydrogens is 390 g/mol. The van der Waals surface area contributed by atoms with E-state index in [-0.39, 0.29) is 29.2 Å². The van der Waals surface area contributed by atoms with Gasteiger partial charge >= 0.3 is 0 Å². The zero-order chi connectivity index (χ0) is 22.5. The SMILES string of the molecule is CC(=O)NC(CC1CC(F)CC(F)C1)C(O)CNC1(CCOCC(C)(C)C)CC1C. The van der Waals surface area contributed by atoms with Crippen molar-refractivity contribution < 1.29 is 23.4 Å². The van der Waals surface area contributed by atoms with Gasteiger partial charge in [-0.05, 0) is 49.4 Å². The van der Waals surface area contributed by atoms with Crippen LogP contribution in [0.2, 0.25) is 0 Å². The van der Waals surface area contributed by atoms with Gasteiger partial charge in [-0.2, -0.15) is 0 Å². The molecule has 3 N–H and O–H groups in total. The Hall–Kier alpha value is -0.790. The Morgan fingerprint density at radius 2 is 1.83 bits per heavy atom. The lowest BCUT2D eigenvalue weighted by Gasteiger charge is -2.33. The first-order chi connectivity index (χ1) is 13.9. The highest BCUT2D eigenvalue weighted by Gasteiger charge is 2.50. The monoisotopic (exact) mass is 432 g/mol. The molecule has 0 aromatic heterocycles. The van der Waals surface area contributed by atoms with Gasteiger partial charge in [-0.15, -0.1) is 0 Å². The zero-order valence-corrected chi connectivity index (χ0v) is 19.3. The summed E-state index contributed by atoms with van der Waals surface area (Å²) in [5.74, 6) is 0.0866. The van der Waals surface area contributed by atoms with E-state index in [4.69, 9.17) is 4.74 Å². The number of nitrogens with one attached hydrogen (secondary N) is 2. The number of aliphatic hydroxyl groups excluding tert-OH is 1. The fraction of sp³-hybridized carbons (Fsp3) is 0.957. The van der Waals surface area contributed by atoms with Crippen LogP contribution in [0.1, 0.15) is 73.1 Å². The van der Waals surface area contributed by atoms with Gasteiger partial charge < -0.3 is 20.5 Å². The molecule has 2 saturated carbocycles. The second-order valence-corrected chi connectivity index (χ2v) is 10.9. The maximum absolute atomic E-state index is 13.8. The van der Waals surface area contributed by atoms with Crippen LogP contribution in [0.3, 0.4) is 0 Å². The van der Waals surface area contributed by atoms with E-state index in [1.165, 1.54) is 6.92 Å². The average Bonchev–Trinajstić information content (AvgIpc) is 3.24. The minimum Gasteiger partial charge on any atom is -0.390 e. The van der Waals surface area contributed by atoms with E-state index in [2.05, 4.69) is 38.3 Å². The molecule has 2 aliphatic carbocycles. The fourth-order valence-corrected chi connectivity index (χ4v) is 4.67. The molecule has 30 heavy (non-hydrogen) atoms. The normalized spacial score (nSPS) is 33.7. The summed E-state index contributed by atoms with van der Waals surface area (Å²) in [6, 6.07) is -0.513. The molecule has 0 bridgehead atoms. The van der Waals surface area contributed by atoms with Crippen LogP contribution in [-0.2, 0) is 9.53 Å². The number of amides is 1. The number of ether oxygens (including phenoxy) is 1. The van der Waals surface area contributed by atoms with Gasteiger partial charge in [0.05, 0.1) is 18.8 Å². The van der Waals surface area contributed by atoms with Crippen LogP contribution in [0.25, 0.3) is 0 Å². The molecule has 0 aliphatic heterocycles. The Morgan fingerprint density at radius 1 is 1.23 bits per heavy atom. The molecule has 0 aromatic carbocycles. The minimum atomic E-state index is -1.14. The Morgan fingerprint density at radius 3 is 2.33 bits per heavy atom. The van der Waals surface area contributed by atoms with Crippen molar-refractivity contribution in [3.63, 3.8) is 0 Å². The Balaban J connectivity index is 1.85. The van der Waals surface area contributed by atoms with Crippen LogP contribution in [0.15, 0.2) is 0 Å². The van der Waals surface area contributed by atoms with Crippen molar-refractivity contribution in [2.45, 2.75) is 103 Å². The second-order valence-electron chi connectivity index (χ2n) is 10.9. The molecular formula is C23H42F2N2O3. The summed E-state index contributed by atoms with van der Waals surface area (Å²) in [7, 11) is 0. The Labute approximate surface area is 180 Å². The predicted octanol–water partition coefficient (Wildman–Crippen LogP) is 3.54. The third-order valence-electron chi connectivity index (χ3n) is 6.47. The van der Waals surface area contributed by atoms with Crippen LogP contribution in [0.5, 0.6) is 0 Å². The summed E-state index contributed by atoms with van der Waals surface area (Å²) < 4.78 is 33.3. The van der Waals surface area contributed by atoms with Gasteiger partial charge in [0, 0.05) is 32.0 Å². The molecule has 5 nitrogen and oxygen atoms in total. The van der Waals surface area contributed by atoms with E-state index in [9.17, 15) is 18.7 Å². The highest BCUT2D eigenvalue weighted by Crippen LogP contribution is 2.45. The third-order valence-corrected chi connectivity index (χ3v) is 6.47. The summed E-state index contributed by atoms with van der Waals surface area (Å²) >= 11 is 0. The van der Waals surface area contributed by atoms with Crippen molar-refractivity contribution in [2.24, 2.45) is 17.3 Å². The number of hydrogen-bond donors (Lipinski definition) is 3. The highest BCUT2D eigenvalue weighted by atomic mass is 19.1. The van der Waals surface area contributed by atoms with Gasteiger partial charge in [0.1, 0.15) is 12.3 Å². The quantitative estimate of drug-likeness (QED) is 0.437. The second kappa shape index (κ2) is 10.7. The summed E-state index contributed by atoms with van der Waals surface area (Å²) in [6.07, 6.45) is -0.260. The predicted molar refractivity (Wildman–Crippen MR) is 115 cm³/mol. The lowest BCUT2D eigenvalue weighted by Crippen LogP contribution is -2.50. The fourth-order valence-electron chi connectivity index (χ4n) is 4.67. The van der Waals surface area contributed by atoms with Gasteiger partial charge in [0.2, 0.25) is 5.91 Å². The first-order valence-corrected chi connectivity index (χ1v) is 11.5. The number of alkyl halides is 2. The van der Waals surface area contributed by atoms with Crippen molar-refractivity contribution in [3.05, 3.63) is 0 Å². The maximum Gasteiger partial charge on any atom is 0.217 e. The van der Waals surface area contributed by atoms with Crippen molar-refractivity contribution in [1.29, 1.82) is 0 Å². The molecule has 0 spiro atoms. The molecule has 7 heteroatoms. The molecule has 2 aliphatic rings. The molecule has 0 radical (unpaired) electrons. The Kier molecular flexibility index (Phi) is 9.07. The van der Waals surface area contributed by atoms with Gasteiger partial charge in [0.15, 0.2) is 0 Å². The summed E-state index contributed by atoms with van der Waals surface area (Å²) in [5.41, 5.74) is 0.0897. The Bertz CT molecular complexity index is 547. The lowest BCUT2D eigenvalue weighted by atomic mass is 9.81. The van der Waals surface area contributed by atoms with Crippen LogP contribution in [-0.4, -0.2) is 60.8 Å². The van der Waals surface area contributed by atoms with Crippen molar-refractivity contribution >= 4 is 5.91 Å². The number of hydrogen-bond acceptors (Lipinski definition) is 4. The number of β-amino-alcohol motifs (C(OH)–C–C–N with tert-alkyl or cyclic N) is 1. The number of carbonyl (C=O) groups excluding carboxylic acids is 1. The van der Waals surface area contributed by atoms with E-state index < -0.39 is 24.5 Å². The molecule has 1 amide bonds. The summed E-state index contributed by atoms with van der Waals surface area (Å²) in [5, 5.41) is 17.1. The van der Waals surface area contributed by atoms with E-state index in [1.807, 2.05) is 0 Å². The van der Waals surface area contributed by atoms with Crippen LogP contribution in [0.4, 0.5) is 8.78 Å². The molecule has 0 saturated heterocycles. The zero-order valence-electron chi connectivity index (χ0n) is 19.3. The van der Waals surface area contributed by atoms with Crippen LogP contribution >= 0.6 is 0 Å². The van der Waals surface area contributed by atoms with Gasteiger partial charge in [-0.3, -0.25) is 4.79 Å². The number of aliphatic hydroxyl groups is 1. The highest BCUT2D eigenvalue weighted by molar-refractivity contribution is 5.73. The molecule has 6 atom stereocenters. The van der Waals surface area contributed by atoms with Gasteiger partial charge in [-0.25, -0.2) is 8.78 Å². The van der Waals surface area contributed by atoms with E-state index in [1.54, 1.807) is 0 Å². The molecule has 176 valence electrons. The van der Waals surface area contributed by atoms with Crippen molar-refractivity contribution in [2.75, 3.05) is 19.8 Å². The third kappa shape index (κ3) is 8.39. The van der Waals surface area contributed by atoms with Gasteiger partial charge in [-0.1, -0.05) is 27.7 Å². The van der Waals surface area contributed by atoms with E-state index in [0.717, 1.165) is 12.8 Å². The maximum atomic E-state index is 13.8. The molecule has 2 rings (SSSR count). The smallest absolute Gasteiger partial charge is 0.217 e. The standard InChI is InChI=1S/C23H42F2N2O3/c1-15-12-23(15,6-7-30-14-22(3,4)5)26-13-21(29)20(27-16(2)28)10-17-8-18(24)11-19(25)9-17/h15,17-21,26,29H,6-14H2,1-5H3,(H,27,28). The number of halogens is 2. The first kappa shape index (κ1) is 25.5. The van der Waals surface area contributed by atoms with Crippen molar-refractivity contribution in [1.82, 2.24) is 10.6 Å². The summed E-state index contributed by atoms with van der Waals surface area (Å²) in [6.45, 7) is 11.7. The lowest BCUT2D eigenvalue weighted by molar-refractivity contribution is -0.120. The number of rotatable bonds is 11. The summed E-state index contributed by atoms with van der Waals surface area (Å²) in [4.78, 5) is 11.6. The van der Waals surface area contributed by atoms with E-state index in [0.29, 0.717) is 44.9 Å². The van der Waals surface area contributed by atoms with Crippen LogP contribution < -0.4 is 10.6 Å². The first-order valence-electron chi connectivity index (χ1n) is 11.5. The van der Waals surface area contributed by atoms with Crippen LogP contribution in [0, 0.1) is 17.3 Å². The molecule has 0 aromatic rings. The average molecular weight is 433 g/mol. The molecule has 6 unspecified atom stereocenters. The van der Waals surface area contributed by atoms with E-state index >= 15 is 0 Å². The topological polar surface area (TPSA) is 70.6 Å². The van der Waals surface area contributed by atoms with Crippen molar-refractivity contribution in [3.8, 4) is 0 Å². The largest absolute Gasteiger partial charge is 0.390 e. The van der Waals surface area contributed by atoms with Gasteiger partial charge in [0.25, 0.3) is 0 Å². The molecule has 2 fully saturated rings. The number of carbonyl (C=O) groups is 1. The minimum absolute atomic E-state index is 0.0386.